The summed E-state index contributed by atoms with van der Waals surface area (Å²) in [6.07, 6.45) is 4.49. The van der Waals surface area contributed by atoms with Gasteiger partial charge in [-0.1, -0.05) is 0 Å². The zero-order valence-electron chi connectivity index (χ0n) is 12.5. The molecule has 2 heterocycles. The van der Waals surface area contributed by atoms with E-state index in [2.05, 4.69) is 25.7 Å². The van der Waals surface area contributed by atoms with E-state index in [9.17, 15) is 0 Å². The maximum Gasteiger partial charge on any atom is 0.191 e. The van der Waals surface area contributed by atoms with E-state index < -0.39 is 0 Å². The Labute approximate surface area is 142 Å². The van der Waals surface area contributed by atoms with Crippen LogP contribution in [-0.2, 0) is 24.3 Å². The van der Waals surface area contributed by atoms with Gasteiger partial charge in [-0.2, -0.15) is 5.10 Å². The molecule has 1 aliphatic carbocycles. The number of hydrogen-bond donors (Lipinski definition) is 2. The minimum Gasteiger partial charge on any atom is -0.377 e. The van der Waals surface area contributed by atoms with Gasteiger partial charge in [0.2, 0.25) is 0 Å². The summed E-state index contributed by atoms with van der Waals surface area (Å²) in [5, 5.41) is 11.4. The number of ether oxygens (including phenoxy) is 1. The van der Waals surface area contributed by atoms with Crippen molar-refractivity contribution in [1.29, 1.82) is 0 Å². The first-order valence-electron chi connectivity index (χ1n) is 7.20. The summed E-state index contributed by atoms with van der Waals surface area (Å²) in [7, 11) is 3.48. The van der Waals surface area contributed by atoms with E-state index in [-0.39, 0.29) is 24.0 Å². The zero-order chi connectivity index (χ0) is 13.9. The third-order valence-electron chi connectivity index (χ3n) is 3.66. The van der Waals surface area contributed by atoms with Crippen LogP contribution in [0.2, 0.25) is 0 Å². The van der Waals surface area contributed by atoms with Crippen LogP contribution in [0.5, 0.6) is 0 Å². The fourth-order valence-electron chi connectivity index (χ4n) is 2.45. The number of halogens is 1. The van der Waals surface area contributed by atoms with Crippen molar-refractivity contribution in [3.8, 4) is 0 Å². The maximum absolute atomic E-state index is 5.08. The maximum atomic E-state index is 5.08. The molecule has 21 heavy (non-hydrogen) atoms. The highest BCUT2D eigenvalue weighted by Gasteiger charge is 2.25. The number of aryl methyl sites for hydroxylation is 1. The first kappa shape index (κ1) is 16.5. The molecule has 0 amide bonds. The normalized spacial score (nSPS) is 21.4. The average Bonchev–Trinajstić information content (AvgIpc) is 3.16. The van der Waals surface area contributed by atoms with Crippen molar-refractivity contribution < 1.29 is 4.74 Å². The van der Waals surface area contributed by atoms with Crippen molar-refractivity contribution in [3.63, 3.8) is 0 Å². The van der Waals surface area contributed by atoms with E-state index in [0.29, 0.717) is 18.7 Å². The summed E-state index contributed by atoms with van der Waals surface area (Å²) in [5.41, 5.74) is 0. The number of nitrogens with one attached hydrogen (secondary N) is 2. The lowest BCUT2D eigenvalue weighted by Gasteiger charge is -2.25. The SMILES string of the molecule is CN=C(NC1CC1)NC1CCc2nc(COC)nn2C1.I. The number of methoxy groups -OCH3 is 1. The van der Waals surface area contributed by atoms with Crippen molar-refractivity contribution >= 4 is 29.9 Å². The van der Waals surface area contributed by atoms with Crippen molar-refractivity contribution in [2.45, 2.75) is 50.9 Å². The molecule has 7 nitrogen and oxygen atoms in total. The van der Waals surface area contributed by atoms with E-state index in [4.69, 9.17) is 4.74 Å². The summed E-state index contributed by atoms with van der Waals surface area (Å²) >= 11 is 0. The predicted molar refractivity (Wildman–Crippen MR) is 90.9 cm³/mol. The fraction of sp³-hybridized carbons (Fsp3) is 0.769. The van der Waals surface area contributed by atoms with Crippen LogP contribution in [0.3, 0.4) is 0 Å². The summed E-state index contributed by atoms with van der Waals surface area (Å²) < 4.78 is 7.07. The highest BCUT2D eigenvalue weighted by Crippen LogP contribution is 2.18. The van der Waals surface area contributed by atoms with Gasteiger partial charge in [0.1, 0.15) is 12.4 Å². The van der Waals surface area contributed by atoms with E-state index in [1.165, 1.54) is 12.8 Å². The van der Waals surface area contributed by atoms with Crippen LogP contribution < -0.4 is 10.6 Å². The van der Waals surface area contributed by atoms with Crippen molar-refractivity contribution in [1.82, 2.24) is 25.4 Å². The number of hydrogen-bond acceptors (Lipinski definition) is 4. The van der Waals surface area contributed by atoms with Gasteiger partial charge in [0.15, 0.2) is 11.8 Å². The molecule has 1 unspecified atom stereocenters. The number of aliphatic imine (C=N–C) groups is 1. The second kappa shape index (κ2) is 7.39. The fourth-order valence-corrected chi connectivity index (χ4v) is 2.45. The molecule has 3 rings (SSSR count). The van der Waals surface area contributed by atoms with Gasteiger partial charge < -0.3 is 15.4 Å². The van der Waals surface area contributed by atoms with Gasteiger partial charge in [-0.15, -0.1) is 24.0 Å². The van der Waals surface area contributed by atoms with Gasteiger partial charge >= 0.3 is 0 Å². The van der Waals surface area contributed by atoms with Crippen molar-refractivity contribution in [2.75, 3.05) is 14.2 Å². The number of guanidine groups is 1. The first-order chi connectivity index (χ1) is 9.78. The zero-order valence-corrected chi connectivity index (χ0v) is 14.8. The van der Waals surface area contributed by atoms with Gasteiger partial charge in [-0.05, 0) is 19.3 Å². The smallest absolute Gasteiger partial charge is 0.191 e. The van der Waals surface area contributed by atoms with Crippen LogP contribution in [0.1, 0.15) is 30.9 Å². The van der Waals surface area contributed by atoms with Gasteiger partial charge in [0.05, 0.1) is 6.54 Å². The van der Waals surface area contributed by atoms with Crippen LogP contribution in [0, 0.1) is 0 Å². The average molecular weight is 406 g/mol. The topological polar surface area (TPSA) is 76.4 Å². The van der Waals surface area contributed by atoms with Crippen LogP contribution >= 0.6 is 24.0 Å². The Hall–Kier alpha value is -0.900. The third-order valence-corrected chi connectivity index (χ3v) is 3.66. The molecular formula is C13H23IN6O. The van der Waals surface area contributed by atoms with Crippen molar-refractivity contribution in [3.05, 3.63) is 11.6 Å². The summed E-state index contributed by atoms with van der Waals surface area (Å²) in [5.74, 6) is 2.72. The lowest BCUT2D eigenvalue weighted by atomic mass is 10.1. The molecule has 0 spiro atoms. The second-order valence-electron chi connectivity index (χ2n) is 5.43. The Balaban J connectivity index is 0.00000161. The third kappa shape index (κ3) is 4.29. The van der Waals surface area contributed by atoms with E-state index in [1.54, 1.807) is 7.11 Å². The molecular weight excluding hydrogens is 383 g/mol. The summed E-state index contributed by atoms with van der Waals surface area (Å²) in [6.45, 7) is 1.31. The van der Waals surface area contributed by atoms with Crippen LogP contribution in [-0.4, -0.2) is 47.0 Å². The number of nitrogens with zero attached hydrogens (tertiary/aromatic N) is 4. The van der Waals surface area contributed by atoms with Gasteiger partial charge in [0.25, 0.3) is 0 Å². The standard InChI is InChI=1S/C13H22N6O.HI/c1-14-13(15-9-3-4-9)16-10-5-6-12-17-11(8-20-2)18-19(12)7-10;/h9-10H,3-8H2,1-2H3,(H2,14,15,16);1H. The van der Waals surface area contributed by atoms with E-state index in [1.807, 2.05) is 11.7 Å². The molecule has 2 N–H and O–H groups in total. The quantitative estimate of drug-likeness (QED) is 0.437. The first-order valence-corrected chi connectivity index (χ1v) is 7.20. The van der Waals surface area contributed by atoms with Crippen LogP contribution in [0.4, 0.5) is 0 Å². The Bertz CT molecular complexity index is 499. The van der Waals surface area contributed by atoms with Gasteiger partial charge in [0, 0.05) is 32.7 Å². The number of fused-ring (bicyclic) bond motifs is 1. The largest absolute Gasteiger partial charge is 0.377 e. The molecule has 2 aliphatic rings. The molecule has 118 valence electrons. The minimum atomic E-state index is 0. The summed E-state index contributed by atoms with van der Waals surface area (Å²) in [4.78, 5) is 8.77. The predicted octanol–water partition coefficient (Wildman–Crippen LogP) is 0.685. The van der Waals surface area contributed by atoms with Gasteiger partial charge in [-0.25, -0.2) is 9.67 Å². The number of aromatic nitrogens is 3. The molecule has 1 aliphatic heterocycles. The van der Waals surface area contributed by atoms with Crippen LogP contribution in [0.25, 0.3) is 0 Å². The molecule has 0 aromatic carbocycles. The highest BCUT2D eigenvalue weighted by molar-refractivity contribution is 14.0. The monoisotopic (exact) mass is 406 g/mol. The Morgan fingerprint density at radius 3 is 2.76 bits per heavy atom. The second-order valence-corrected chi connectivity index (χ2v) is 5.43. The molecule has 1 atom stereocenters. The Kier molecular flexibility index (Phi) is 5.80. The van der Waals surface area contributed by atoms with E-state index in [0.717, 1.165) is 37.0 Å². The molecule has 1 aromatic heterocycles. The Morgan fingerprint density at radius 1 is 1.33 bits per heavy atom. The van der Waals surface area contributed by atoms with Gasteiger partial charge in [-0.3, -0.25) is 4.99 Å². The molecule has 0 radical (unpaired) electrons. The molecule has 1 aromatic rings. The molecule has 0 bridgehead atoms. The molecule has 1 fully saturated rings. The molecule has 8 heteroatoms. The molecule has 1 saturated carbocycles. The number of rotatable bonds is 4. The minimum absolute atomic E-state index is 0. The summed E-state index contributed by atoms with van der Waals surface area (Å²) in [6, 6.07) is 0.963. The van der Waals surface area contributed by atoms with E-state index >= 15 is 0 Å². The Morgan fingerprint density at radius 2 is 2.10 bits per heavy atom. The highest BCUT2D eigenvalue weighted by atomic mass is 127. The van der Waals surface area contributed by atoms with Crippen LogP contribution in [0.15, 0.2) is 4.99 Å². The van der Waals surface area contributed by atoms with Crippen molar-refractivity contribution in [2.24, 2.45) is 4.99 Å². The lowest BCUT2D eigenvalue weighted by molar-refractivity contribution is 0.177. The lowest BCUT2D eigenvalue weighted by Crippen LogP contribution is -2.47. The molecule has 0 saturated heterocycles.